The Morgan fingerprint density at radius 3 is 1.07 bits per heavy atom. The zero-order valence-corrected chi connectivity index (χ0v) is 8.30. The lowest BCUT2D eigenvalue weighted by Gasteiger charge is -1.91. The summed E-state index contributed by atoms with van der Waals surface area (Å²) < 4.78 is 0. The van der Waals surface area contributed by atoms with Gasteiger partial charge < -0.3 is 31.9 Å². The highest BCUT2D eigenvalue weighted by Crippen LogP contribution is 1.88. The number of carbonyl (C=O) groups is 2. The van der Waals surface area contributed by atoms with Gasteiger partial charge in [-0.1, -0.05) is 6.42 Å². The normalized spacial score (nSPS) is 7.60. The fourth-order valence-electron chi connectivity index (χ4n) is 0.465. The van der Waals surface area contributed by atoms with Crippen molar-refractivity contribution in [1.29, 1.82) is 0 Å². The summed E-state index contributed by atoms with van der Waals surface area (Å²) in [6, 6.07) is 0. The van der Waals surface area contributed by atoms with Crippen LogP contribution in [0.2, 0.25) is 0 Å². The molecule has 0 bridgehead atoms. The average Bonchev–Trinajstić information content (AvgIpc) is 2.03. The summed E-state index contributed by atoms with van der Waals surface area (Å²) in [7, 11) is 0. The van der Waals surface area contributed by atoms with Gasteiger partial charge >= 0.3 is 12.3 Å². The molecule has 0 saturated heterocycles. The molecule has 0 fully saturated rings. The van der Waals surface area contributed by atoms with Crippen molar-refractivity contribution in [2.75, 3.05) is 13.1 Å². The van der Waals surface area contributed by atoms with E-state index in [1.54, 1.807) is 0 Å². The van der Waals surface area contributed by atoms with E-state index in [1.165, 1.54) is 6.42 Å². The van der Waals surface area contributed by atoms with Gasteiger partial charge in [0.2, 0.25) is 0 Å². The van der Waals surface area contributed by atoms with Crippen LogP contribution in [0.4, 0.5) is 9.59 Å². The van der Waals surface area contributed by atoms with Crippen LogP contribution in [-0.4, -0.2) is 45.8 Å². The van der Waals surface area contributed by atoms with Crippen LogP contribution in [0.15, 0.2) is 0 Å². The molecule has 0 amide bonds. The van der Waals surface area contributed by atoms with E-state index in [9.17, 15) is 0 Å². The smallest absolute Gasteiger partial charge is 0.450 e. The average molecular weight is 226 g/mol. The molecule has 0 heterocycles. The zero-order valence-electron chi connectivity index (χ0n) is 8.30. The highest BCUT2D eigenvalue weighted by Gasteiger charge is 1.80. The SMILES string of the molecule is NCCCCCN.O=C(O)O.O=C(O)O. The van der Waals surface area contributed by atoms with Gasteiger partial charge in [-0.05, 0) is 25.9 Å². The standard InChI is InChI=1S/C5H14N2.2CH2O3/c6-4-2-1-3-5-7;2*2-1(3)4/h1-7H2;2*(H2,2,3,4). The number of carboxylic acid groups (broad SMARTS) is 4. The number of nitrogens with two attached hydrogens (primary N) is 2. The molecule has 0 radical (unpaired) electrons. The summed E-state index contributed by atoms with van der Waals surface area (Å²) in [5, 5.41) is 27.9. The fraction of sp³-hybridized carbons (Fsp3) is 0.714. The molecule has 0 aromatic carbocycles. The molecule has 0 spiro atoms. The molecule has 0 unspecified atom stereocenters. The number of hydrogen-bond donors (Lipinski definition) is 6. The maximum Gasteiger partial charge on any atom is 0.503 e. The van der Waals surface area contributed by atoms with E-state index in [2.05, 4.69) is 0 Å². The Bertz CT molecular complexity index is 128. The van der Waals surface area contributed by atoms with E-state index in [0.717, 1.165) is 25.9 Å². The summed E-state index contributed by atoms with van der Waals surface area (Å²) in [4.78, 5) is 17.1. The zero-order chi connectivity index (χ0) is 12.7. The van der Waals surface area contributed by atoms with Gasteiger partial charge in [0.1, 0.15) is 0 Å². The minimum Gasteiger partial charge on any atom is -0.450 e. The van der Waals surface area contributed by atoms with Crippen LogP contribution in [0.25, 0.3) is 0 Å². The van der Waals surface area contributed by atoms with Crippen molar-refractivity contribution >= 4 is 12.3 Å². The molecular weight excluding hydrogens is 208 g/mol. The lowest BCUT2D eigenvalue weighted by Crippen LogP contribution is -2.02. The van der Waals surface area contributed by atoms with Crippen molar-refractivity contribution in [3.05, 3.63) is 0 Å². The Hall–Kier alpha value is -1.54. The van der Waals surface area contributed by atoms with Gasteiger partial charge in [0.25, 0.3) is 0 Å². The summed E-state index contributed by atoms with van der Waals surface area (Å²) in [6.07, 6.45) is -0.235. The first-order valence-corrected chi connectivity index (χ1v) is 4.12. The maximum absolute atomic E-state index is 8.56. The Kier molecular flexibility index (Phi) is 23.3. The van der Waals surface area contributed by atoms with Crippen molar-refractivity contribution in [2.24, 2.45) is 11.5 Å². The molecule has 0 aliphatic carbocycles. The van der Waals surface area contributed by atoms with E-state index in [1.807, 2.05) is 0 Å². The van der Waals surface area contributed by atoms with Crippen molar-refractivity contribution < 1.29 is 30.0 Å². The molecule has 0 aromatic rings. The van der Waals surface area contributed by atoms with Gasteiger partial charge in [-0.15, -0.1) is 0 Å². The predicted octanol–water partition coefficient (Wildman–Crippen LogP) is 0.519. The van der Waals surface area contributed by atoms with Gasteiger partial charge in [-0.3, -0.25) is 0 Å². The van der Waals surface area contributed by atoms with E-state index in [0.29, 0.717) is 0 Å². The highest BCUT2D eigenvalue weighted by atomic mass is 16.6. The van der Waals surface area contributed by atoms with Crippen LogP contribution in [0.1, 0.15) is 19.3 Å². The summed E-state index contributed by atoms with van der Waals surface area (Å²) in [6.45, 7) is 1.61. The fourth-order valence-corrected chi connectivity index (χ4v) is 0.465. The van der Waals surface area contributed by atoms with Crippen molar-refractivity contribution in [1.82, 2.24) is 0 Å². The Morgan fingerprint density at radius 2 is 0.933 bits per heavy atom. The van der Waals surface area contributed by atoms with Crippen molar-refractivity contribution in [3.8, 4) is 0 Å². The second kappa shape index (κ2) is 18.3. The molecule has 15 heavy (non-hydrogen) atoms. The number of rotatable bonds is 4. The molecule has 0 aliphatic heterocycles. The molecule has 0 saturated carbocycles. The van der Waals surface area contributed by atoms with E-state index in [4.69, 9.17) is 41.5 Å². The summed E-state index contributed by atoms with van der Waals surface area (Å²) >= 11 is 0. The first kappa shape index (κ1) is 19.1. The molecule has 0 aliphatic rings. The number of unbranched alkanes of at least 4 members (excludes halogenated alkanes) is 2. The van der Waals surface area contributed by atoms with E-state index >= 15 is 0 Å². The van der Waals surface area contributed by atoms with Crippen molar-refractivity contribution in [2.45, 2.75) is 19.3 Å². The van der Waals surface area contributed by atoms with Crippen molar-refractivity contribution in [3.63, 3.8) is 0 Å². The molecule has 8 N–H and O–H groups in total. The number of hydrogen-bond acceptors (Lipinski definition) is 4. The molecule has 0 aromatic heterocycles. The molecule has 8 nitrogen and oxygen atoms in total. The van der Waals surface area contributed by atoms with Gasteiger partial charge in [0, 0.05) is 0 Å². The molecule has 0 rings (SSSR count). The Morgan fingerprint density at radius 1 is 0.733 bits per heavy atom. The first-order chi connectivity index (χ1) is 6.88. The van der Waals surface area contributed by atoms with E-state index in [-0.39, 0.29) is 0 Å². The lowest BCUT2D eigenvalue weighted by molar-refractivity contribution is 0.135. The minimum atomic E-state index is -1.83. The third-order valence-electron chi connectivity index (χ3n) is 0.908. The quantitative estimate of drug-likeness (QED) is 0.377. The van der Waals surface area contributed by atoms with E-state index < -0.39 is 12.3 Å². The van der Waals surface area contributed by atoms with Crippen LogP contribution in [0.3, 0.4) is 0 Å². The van der Waals surface area contributed by atoms with Gasteiger partial charge in [-0.25, -0.2) is 9.59 Å². The van der Waals surface area contributed by atoms with Gasteiger partial charge in [0.15, 0.2) is 0 Å². The Balaban J connectivity index is -0.000000155. The predicted molar refractivity (Wildman–Crippen MR) is 53.3 cm³/mol. The third-order valence-corrected chi connectivity index (χ3v) is 0.908. The molecule has 92 valence electrons. The Labute approximate surface area is 87.1 Å². The lowest BCUT2D eigenvalue weighted by atomic mass is 10.2. The van der Waals surface area contributed by atoms with Crippen LogP contribution in [0, 0.1) is 0 Å². The van der Waals surface area contributed by atoms with Crippen LogP contribution >= 0.6 is 0 Å². The van der Waals surface area contributed by atoms with Crippen LogP contribution in [0.5, 0.6) is 0 Å². The monoisotopic (exact) mass is 226 g/mol. The second-order valence-electron chi connectivity index (χ2n) is 2.20. The second-order valence-corrected chi connectivity index (χ2v) is 2.20. The maximum atomic E-state index is 8.56. The topological polar surface area (TPSA) is 167 Å². The van der Waals surface area contributed by atoms with Gasteiger partial charge in [0.05, 0.1) is 0 Å². The minimum absolute atomic E-state index is 0.806. The summed E-state index contributed by atoms with van der Waals surface area (Å²) in [5.74, 6) is 0. The van der Waals surface area contributed by atoms with Gasteiger partial charge in [-0.2, -0.15) is 0 Å². The molecule has 8 heteroatoms. The summed E-state index contributed by atoms with van der Waals surface area (Å²) in [5.41, 5.74) is 10.5. The molecular formula is C7H18N2O6. The van der Waals surface area contributed by atoms with Crippen LogP contribution < -0.4 is 11.5 Å². The van der Waals surface area contributed by atoms with Crippen LogP contribution in [-0.2, 0) is 0 Å². The molecule has 0 atom stereocenters. The third kappa shape index (κ3) is 225. The first-order valence-electron chi connectivity index (χ1n) is 4.12. The largest absolute Gasteiger partial charge is 0.503 e. The highest BCUT2D eigenvalue weighted by molar-refractivity contribution is 5.53.